The summed E-state index contributed by atoms with van der Waals surface area (Å²) in [4.78, 5) is 10.6. The zero-order valence-corrected chi connectivity index (χ0v) is 6.42. The Kier molecular flexibility index (Phi) is 2.12. The van der Waals surface area contributed by atoms with Gasteiger partial charge in [0.1, 0.15) is 0 Å². The number of aromatic nitrogens is 1. The molecule has 0 bridgehead atoms. The highest BCUT2D eigenvalue weighted by Gasteiger charge is 2.18. The van der Waals surface area contributed by atoms with Crippen molar-refractivity contribution in [3.05, 3.63) is 23.5 Å². The molecule has 12 heavy (non-hydrogen) atoms. The number of halogens is 2. The molecule has 0 aliphatic heterocycles. The average molecular weight is 174 g/mol. The molecule has 3 nitrogen and oxygen atoms in total. The predicted octanol–water partition coefficient (Wildman–Crippen LogP) is 1.06. The minimum atomic E-state index is -2.66. The summed E-state index contributed by atoms with van der Waals surface area (Å²) in [7, 11) is 1.55. The molecule has 1 amide bonds. The molecule has 0 spiro atoms. The molecule has 2 N–H and O–H groups in total. The van der Waals surface area contributed by atoms with Crippen molar-refractivity contribution in [3.8, 4) is 0 Å². The van der Waals surface area contributed by atoms with E-state index in [1.807, 2.05) is 0 Å². The molecule has 0 aliphatic rings. The number of hydrogen-bond acceptors (Lipinski definition) is 1. The molecule has 0 aromatic carbocycles. The maximum atomic E-state index is 12.2. The Morgan fingerprint density at radius 3 is 2.50 bits per heavy atom. The van der Waals surface area contributed by atoms with Gasteiger partial charge < -0.3 is 10.3 Å². The number of aryl methyl sites for hydroxylation is 1. The normalized spacial score (nSPS) is 10.7. The van der Waals surface area contributed by atoms with E-state index in [2.05, 4.69) is 0 Å². The Labute approximate surface area is 67.8 Å². The second-order valence-corrected chi connectivity index (χ2v) is 2.46. The Hall–Kier alpha value is -1.39. The Morgan fingerprint density at radius 1 is 1.58 bits per heavy atom. The van der Waals surface area contributed by atoms with Crippen LogP contribution in [0.5, 0.6) is 0 Å². The van der Waals surface area contributed by atoms with Crippen LogP contribution in [-0.2, 0) is 7.05 Å². The lowest BCUT2D eigenvalue weighted by Crippen LogP contribution is -2.12. The van der Waals surface area contributed by atoms with Crippen LogP contribution >= 0.6 is 0 Å². The first-order chi connectivity index (χ1) is 5.52. The Balaban J connectivity index is 3.17. The third kappa shape index (κ3) is 1.44. The molecular formula is C7H8F2N2O. The smallest absolute Gasteiger partial charge is 0.266 e. The predicted molar refractivity (Wildman–Crippen MR) is 38.9 cm³/mol. The van der Waals surface area contributed by atoms with E-state index in [1.54, 1.807) is 7.05 Å². The van der Waals surface area contributed by atoms with Crippen molar-refractivity contribution in [2.24, 2.45) is 12.8 Å². The fourth-order valence-electron chi connectivity index (χ4n) is 0.984. The largest absolute Gasteiger partial charge is 0.366 e. The number of hydrogen-bond donors (Lipinski definition) is 1. The Morgan fingerprint density at radius 2 is 2.17 bits per heavy atom. The highest BCUT2D eigenvalue weighted by molar-refractivity contribution is 5.94. The molecule has 1 heterocycles. The second-order valence-electron chi connectivity index (χ2n) is 2.46. The summed E-state index contributed by atoms with van der Waals surface area (Å²) >= 11 is 0. The molecule has 1 aromatic rings. The number of nitrogens with zero attached hydrogens (tertiary/aromatic N) is 1. The van der Waals surface area contributed by atoms with Gasteiger partial charge in [-0.1, -0.05) is 0 Å². The summed E-state index contributed by atoms with van der Waals surface area (Å²) < 4.78 is 25.7. The van der Waals surface area contributed by atoms with E-state index in [4.69, 9.17) is 5.73 Å². The lowest BCUT2D eigenvalue weighted by molar-refractivity contribution is 0.0987. The lowest BCUT2D eigenvalue weighted by atomic mass is 10.2. The van der Waals surface area contributed by atoms with E-state index >= 15 is 0 Å². The summed E-state index contributed by atoms with van der Waals surface area (Å²) in [6.45, 7) is 0. The third-order valence-electron chi connectivity index (χ3n) is 1.49. The molecule has 0 saturated carbocycles. The third-order valence-corrected chi connectivity index (χ3v) is 1.49. The molecule has 0 unspecified atom stereocenters. The number of amides is 1. The Bertz CT molecular complexity index is 306. The van der Waals surface area contributed by atoms with Gasteiger partial charge in [0.2, 0.25) is 0 Å². The van der Waals surface area contributed by atoms with E-state index in [0.717, 1.165) is 0 Å². The van der Waals surface area contributed by atoms with Gasteiger partial charge in [-0.15, -0.1) is 0 Å². The van der Waals surface area contributed by atoms with Gasteiger partial charge in [0.05, 0.1) is 5.56 Å². The molecule has 0 saturated heterocycles. The monoisotopic (exact) mass is 174 g/mol. The molecule has 0 aliphatic carbocycles. The molecule has 1 rings (SSSR count). The van der Waals surface area contributed by atoms with Crippen molar-refractivity contribution in [1.82, 2.24) is 4.57 Å². The van der Waals surface area contributed by atoms with Gasteiger partial charge in [0.15, 0.2) is 0 Å². The van der Waals surface area contributed by atoms with Gasteiger partial charge in [-0.05, 0) is 0 Å². The molecule has 5 heteroatoms. The van der Waals surface area contributed by atoms with Crippen LogP contribution in [-0.4, -0.2) is 10.5 Å². The van der Waals surface area contributed by atoms with Crippen molar-refractivity contribution in [1.29, 1.82) is 0 Å². The molecule has 0 atom stereocenters. The molecule has 0 radical (unpaired) electrons. The van der Waals surface area contributed by atoms with E-state index in [1.165, 1.54) is 17.0 Å². The zero-order chi connectivity index (χ0) is 9.30. The van der Waals surface area contributed by atoms with Crippen LogP contribution in [0.25, 0.3) is 0 Å². The van der Waals surface area contributed by atoms with Crippen LogP contribution in [0.2, 0.25) is 0 Å². The highest BCUT2D eigenvalue weighted by atomic mass is 19.3. The number of primary amides is 1. The fraction of sp³-hybridized carbons (Fsp3) is 0.286. The van der Waals surface area contributed by atoms with Crippen molar-refractivity contribution >= 4 is 5.91 Å². The minimum Gasteiger partial charge on any atom is -0.366 e. The minimum absolute atomic E-state index is 0.118. The van der Waals surface area contributed by atoms with Crippen LogP contribution < -0.4 is 5.73 Å². The van der Waals surface area contributed by atoms with Gasteiger partial charge in [-0.3, -0.25) is 4.79 Å². The van der Waals surface area contributed by atoms with Crippen LogP contribution in [0.15, 0.2) is 12.4 Å². The van der Waals surface area contributed by atoms with Crippen molar-refractivity contribution in [3.63, 3.8) is 0 Å². The van der Waals surface area contributed by atoms with E-state index < -0.39 is 12.3 Å². The molecule has 66 valence electrons. The maximum absolute atomic E-state index is 12.2. The van der Waals surface area contributed by atoms with Gasteiger partial charge in [0.25, 0.3) is 12.3 Å². The SMILES string of the molecule is Cn1cc(C(N)=O)c(C(F)F)c1. The summed E-state index contributed by atoms with van der Waals surface area (Å²) in [5.74, 6) is -0.828. The van der Waals surface area contributed by atoms with Gasteiger partial charge in [0, 0.05) is 25.0 Å². The number of rotatable bonds is 2. The van der Waals surface area contributed by atoms with Crippen molar-refractivity contribution < 1.29 is 13.6 Å². The first-order valence-corrected chi connectivity index (χ1v) is 3.26. The summed E-state index contributed by atoms with van der Waals surface area (Å²) in [6, 6.07) is 0. The lowest BCUT2D eigenvalue weighted by Gasteiger charge is -1.96. The van der Waals surface area contributed by atoms with Crippen molar-refractivity contribution in [2.45, 2.75) is 6.43 Å². The van der Waals surface area contributed by atoms with Crippen LogP contribution in [0.4, 0.5) is 8.78 Å². The zero-order valence-electron chi connectivity index (χ0n) is 6.42. The van der Waals surface area contributed by atoms with E-state index in [9.17, 15) is 13.6 Å². The standard InChI is InChI=1S/C7H8F2N2O/c1-11-2-4(6(8)9)5(3-11)7(10)12/h2-3,6H,1H3,(H2,10,12). The first kappa shape index (κ1) is 8.70. The molecular weight excluding hydrogens is 166 g/mol. The van der Waals surface area contributed by atoms with Gasteiger partial charge in [-0.2, -0.15) is 0 Å². The van der Waals surface area contributed by atoms with E-state index in [0.29, 0.717) is 0 Å². The highest BCUT2D eigenvalue weighted by Crippen LogP contribution is 2.22. The first-order valence-electron chi connectivity index (χ1n) is 3.26. The summed E-state index contributed by atoms with van der Waals surface area (Å²) in [5, 5.41) is 0. The molecule has 0 fully saturated rings. The van der Waals surface area contributed by atoms with Crippen LogP contribution in [0.3, 0.4) is 0 Å². The van der Waals surface area contributed by atoms with Crippen LogP contribution in [0.1, 0.15) is 22.3 Å². The number of carbonyl (C=O) groups is 1. The quantitative estimate of drug-likeness (QED) is 0.716. The number of nitrogens with two attached hydrogens (primary N) is 1. The summed E-state index contributed by atoms with van der Waals surface area (Å²) in [6.07, 6.45) is -0.192. The number of alkyl halides is 2. The molecule has 1 aromatic heterocycles. The average Bonchev–Trinajstić information content (AvgIpc) is 2.31. The van der Waals surface area contributed by atoms with Gasteiger partial charge in [-0.25, -0.2) is 8.78 Å². The number of carbonyl (C=O) groups excluding carboxylic acids is 1. The topological polar surface area (TPSA) is 48.0 Å². The van der Waals surface area contributed by atoms with E-state index in [-0.39, 0.29) is 11.1 Å². The van der Waals surface area contributed by atoms with Gasteiger partial charge >= 0.3 is 0 Å². The van der Waals surface area contributed by atoms with Crippen LogP contribution in [0, 0.1) is 0 Å². The van der Waals surface area contributed by atoms with Crippen molar-refractivity contribution in [2.75, 3.05) is 0 Å². The summed E-state index contributed by atoms with van der Waals surface area (Å²) in [5.41, 5.74) is 4.45. The second kappa shape index (κ2) is 2.92. The fourth-order valence-corrected chi connectivity index (χ4v) is 0.984. The maximum Gasteiger partial charge on any atom is 0.266 e.